The molecule has 0 aromatic rings. The molecule has 9 heavy (non-hydrogen) atoms. The Kier molecular flexibility index (Phi) is 5.59. The van der Waals surface area contributed by atoms with Gasteiger partial charge in [-0.2, -0.15) is 0 Å². The second kappa shape index (κ2) is 5.80. The topological polar surface area (TPSA) is 12.4 Å². The maximum atomic E-state index is 4.18. The van der Waals surface area contributed by atoms with Gasteiger partial charge < -0.3 is 0 Å². The van der Waals surface area contributed by atoms with Crippen molar-refractivity contribution in [3.05, 3.63) is 13.5 Å². The molecule has 0 spiro atoms. The number of aliphatic imine (C=N–C) groups is 1. The van der Waals surface area contributed by atoms with Crippen LogP contribution in [0, 0.1) is 13.5 Å². The second-order valence-corrected chi connectivity index (χ2v) is 2.04. The van der Waals surface area contributed by atoms with E-state index in [-0.39, 0.29) is 0 Å². The molecule has 52 valence electrons. The normalized spacial score (nSPS) is 12.1. The molecule has 0 aliphatic rings. The van der Waals surface area contributed by atoms with E-state index in [9.17, 15) is 0 Å². The van der Waals surface area contributed by atoms with E-state index in [0.29, 0.717) is 0 Å². The number of rotatable bonds is 4. The van der Waals surface area contributed by atoms with E-state index in [1.807, 2.05) is 13.5 Å². The van der Waals surface area contributed by atoms with Crippen LogP contribution >= 0.6 is 0 Å². The molecule has 0 atom stereocenters. The van der Waals surface area contributed by atoms with Crippen LogP contribution in [0.3, 0.4) is 0 Å². The largest absolute Gasteiger partial charge is 0.289 e. The molecular formula is C8H15N. The molecular weight excluding hydrogens is 110 g/mol. The Balaban J connectivity index is 3.21. The van der Waals surface area contributed by atoms with E-state index in [0.717, 1.165) is 19.3 Å². The van der Waals surface area contributed by atoms with Crippen LogP contribution in [0.5, 0.6) is 0 Å². The maximum Gasteiger partial charge on any atom is 0.0722 e. The number of hydrogen-bond acceptors (Lipinski definition) is 1. The van der Waals surface area contributed by atoms with Gasteiger partial charge in [-0.15, -0.1) is 0 Å². The van der Waals surface area contributed by atoms with Gasteiger partial charge >= 0.3 is 0 Å². The molecule has 0 amide bonds. The van der Waals surface area contributed by atoms with Crippen molar-refractivity contribution >= 4 is 5.71 Å². The van der Waals surface area contributed by atoms with Crippen molar-refractivity contribution in [3.63, 3.8) is 0 Å². The van der Waals surface area contributed by atoms with E-state index in [1.165, 1.54) is 5.71 Å². The first kappa shape index (κ1) is 8.67. The summed E-state index contributed by atoms with van der Waals surface area (Å²) < 4.78 is 0. The molecule has 0 aromatic heterocycles. The van der Waals surface area contributed by atoms with Crippen LogP contribution in [-0.2, 0) is 0 Å². The maximum absolute atomic E-state index is 4.18. The van der Waals surface area contributed by atoms with Crippen molar-refractivity contribution in [3.8, 4) is 0 Å². The Labute approximate surface area is 58.2 Å². The molecule has 1 nitrogen and oxygen atoms in total. The number of nitrogens with zero attached hydrogens (tertiary/aromatic N) is 1. The SMILES string of the molecule is [CH2]CC[CH]/N=C(\C)CC. The minimum absolute atomic E-state index is 0.945. The van der Waals surface area contributed by atoms with Crippen LogP contribution in [0.15, 0.2) is 4.99 Å². The van der Waals surface area contributed by atoms with Crippen molar-refractivity contribution in [2.24, 2.45) is 4.99 Å². The monoisotopic (exact) mass is 125 g/mol. The standard InChI is InChI=1S/C8H15N/c1-4-6-7-9-8(3)5-2/h7H,1,4-6H2,2-3H3/b9-8+. The van der Waals surface area contributed by atoms with Crippen LogP contribution in [0.2, 0.25) is 0 Å². The van der Waals surface area contributed by atoms with Crippen LogP contribution < -0.4 is 0 Å². The first-order chi connectivity index (χ1) is 4.31. The van der Waals surface area contributed by atoms with Crippen molar-refractivity contribution in [2.45, 2.75) is 33.1 Å². The lowest BCUT2D eigenvalue weighted by atomic mass is 10.3. The Morgan fingerprint density at radius 3 is 2.78 bits per heavy atom. The van der Waals surface area contributed by atoms with Gasteiger partial charge in [0.15, 0.2) is 0 Å². The second-order valence-electron chi connectivity index (χ2n) is 2.04. The Morgan fingerprint density at radius 2 is 2.33 bits per heavy atom. The summed E-state index contributed by atoms with van der Waals surface area (Å²) in [5.41, 5.74) is 1.20. The molecule has 0 rings (SSSR count). The molecule has 0 aromatic carbocycles. The highest BCUT2D eigenvalue weighted by molar-refractivity contribution is 5.81. The summed E-state index contributed by atoms with van der Waals surface area (Å²) in [6, 6.07) is 0. The summed E-state index contributed by atoms with van der Waals surface area (Å²) in [6.45, 7) is 9.79. The highest BCUT2D eigenvalue weighted by atomic mass is 14.7. The zero-order chi connectivity index (χ0) is 7.11. The Bertz CT molecular complexity index is 84.6. The quantitative estimate of drug-likeness (QED) is 0.404. The van der Waals surface area contributed by atoms with Gasteiger partial charge in [-0.05, 0) is 19.8 Å². The third kappa shape index (κ3) is 5.54. The fourth-order valence-electron chi connectivity index (χ4n) is 0.403. The smallest absolute Gasteiger partial charge is 0.0722 e. The predicted octanol–water partition coefficient (Wildman–Crippen LogP) is 2.63. The zero-order valence-corrected chi connectivity index (χ0v) is 6.35. The van der Waals surface area contributed by atoms with Crippen LogP contribution in [0.1, 0.15) is 33.1 Å². The first-order valence-corrected chi connectivity index (χ1v) is 3.45. The summed E-state index contributed by atoms with van der Waals surface area (Å²) in [5.74, 6) is 0. The summed E-state index contributed by atoms with van der Waals surface area (Å²) in [5, 5.41) is 0. The minimum atomic E-state index is 0.945. The molecule has 0 N–H and O–H groups in total. The van der Waals surface area contributed by atoms with E-state index in [2.05, 4.69) is 18.8 Å². The number of unbranched alkanes of at least 4 members (excludes halogenated alkanes) is 1. The summed E-state index contributed by atoms with van der Waals surface area (Å²) >= 11 is 0. The van der Waals surface area contributed by atoms with Gasteiger partial charge in [0.25, 0.3) is 0 Å². The van der Waals surface area contributed by atoms with E-state index in [4.69, 9.17) is 0 Å². The van der Waals surface area contributed by atoms with E-state index >= 15 is 0 Å². The van der Waals surface area contributed by atoms with Crippen LogP contribution in [0.25, 0.3) is 0 Å². The molecule has 1 heteroatoms. The van der Waals surface area contributed by atoms with Crippen molar-refractivity contribution in [1.29, 1.82) is 0 Å². The Morgan fingerprint density at radius 1 is 1.67 bits per heavy atom. The zero-order valence-electron chi connectivity index (χ0n) is 6.35. The van der Waals surface area contributed by atoms with E-state index in [1.54, 1.807) is 0 Å². The van der Waals surface area contributed by atoms with Crippen molar-refractivity contribution < 1.29 is 0 Å². The third-order valence-electron chi connectivity index (χ3n) is 1.16. The fourth-order valence-corrected chi connectivity index (χ4v) is 0.403. The molecule has 0 bridgehead atoms. The lowest BCUT2D eigenvalue weighted by Crippen LogP contribution is -1.86. The van der Waals surface area contributed by atoms with Crippen molar-refractivity contribution in [1.82, 2.24) is 0 Å². The average molecular weight is 125 g/mol. The highest BCUT2D eigenvalue weighted by Crippen LogP contribution is 1.94. The fraction of sp³-hybridized carbons (Fsp3) is 0.625. The molecule has 0 fully saturated rings. The molecule has 0 saturated carbocycles. The van der Waals surface area contributed by atoms with Gasteiger partial charge in [-0.1, -0.05) is 20.3 Å². The predicted molar refractivity (Wildman–Crippen MR) is 42.3 cm³/mol. The van der Waals surface area contributed by atoms with Gasteiger partial charge in [0, 0.05) is 5.71 Å². The summed E-state index contributed by atoms with van der Waals surface area (Å²) in [7, 11) is 0. The molecule has 0 aliphatic heterocycles. The van der Waals surface area contributed by atoms with Crippen LogP contribution in [0.4, 0.5) is 0 Å². The first-order valence-electron chi connectivity index (χ1n) is 3.45. The molecule has 0 saturated heterocycles. The van der Waals surface area contributed by atoms with Gasteiger partial charge in [0.1, 0.15) is 0 Å². The number of hydrogen-bond donors (Lipinski definition) is 0. The third-order valence-corrected chi connectivity index (χ3v) is 1.16. The van der Waals surface area contributed by atoms with Gasteiger partial charge in [0.2, 0.25) is 0 Å². The highest BCUT2D eigenvalue weighted by Gasteiger charge is 1.83. The summed E-state index contributed by atoms with van der Waals surface area (Å²) in [4.78, 5) is 4.18. The van der Waals surface area contributed by atoms with E-state index < -0.39 is 0 Å². The van der Waals surface area contributed by atoms with Gasteiger partial charge in [0.05, 0.1) is 6.54 Å². The lowest BCUT2D eigenvalue weighted by molar-refractivity contribution is 0.948. The lowest BCUT2D eigenvalue weighted by Gasteiger charge is -1.92. The van der Waals surface area contributed by atoms with Crippen molar-refractivity contribution in [2.75, 3.05) is 0 Å². The minimum Gasteiger partial charge on any atom is -0.289 e. The summed E-state index contributed by atoms with van der Waals surface area (Å²) in [6.07, 6.45) is 2.99. The Hall–Kier alpha value is -0.330. The molecule has 2 radical (unpaired) electrons. The average Bonchev–Trinajstić information content (AvgIpc) is 1.89. The van der Waals surface area contributed by atoms with Gasteiger partial charge in [-0.25, -0.2) is 0 Å². The molecule has 0 aliphatic carbocycles. The van der Waals surface area contributed by atoms with Gasteiger partial charge in [-0.3, -0.25) is 4.99 Å². The molecule has 0 unspecified atom stereocenters. The molecule has 0 heterocycles. The van der Waals surface area contributed by atoms with Crippen LogP contribution in [-0.4, -0.2) is 5.71 Å².